The number of thiophene rings is 1. The SMILES string of the molecule is Cc1cccc(C(=O)NC[C@@H](c2cccs2)S(=O)(=O)c2cc(C)ccc2C)c1. The van der Waals surface area contributed by atoms with Crippen LogP contribution in [0, 0.1) is 20.8 Å². The highest BCUT2D eigenvalue weighted by molar-refractivity contribution is 7.92. The van der Waals surface area contributed by atoms with Gasteiger partial charge in [0.1, 0.15) is 5.25 Å². The molecule has 0 saturated carbocycles. The molecule has 0 radical (unpaired) electrons. The summed E-state index contributed by atoms with van der Waals surface area (Å²) in [6.45, 7) is 5.60. The standard InChI is InChI=1S/C22H23NO3S2/c1-15-6-4-7-18(12-15)22(24)23-14-21(19-8-5-11-27-19)28(25,26)20-13-16(2)9-10-17(20)3/h4-13,21H,14H2,1-3H3,(H,23,24)/t21-/m0/s1. The fourth-order valence-electron chi connectivity index (χ4n) is 3.08. The Bertz CT molecular complexity index is 1090. The minimum atomic E-state index is -3.67. The maximum Gasteiger partial charge on any atom is 0.251 e. The van der Waals surface area contributed by atoms with Crippen LogP contribution in [-0.4, -0.2) is 20.9 Å². The predicted octanol–water partition coefficient (Wildman–Crippen LogP) is 4.62. The van der Waals surface area contributed by atoms with E-state index >= 15 is 0 Å². The number of carbonyl (C=O) groups excluding carboxylic acids is 1. The number of amides is 1. The molecule has 146 valence electrons. The van der Waals surface area contributed by atoms with Gasteiger partial charge in [0.05, 0.1) is 4.90 Å². The van der Waals surface area contributed by atoms with Crippen molar-refractivity contribution in [3.63, 3.8) is 0 Å². The number of rotatable bonds is 6. The average Bonchev–Trinajstić information content (AvgIpc) is 3.17. The largest absolute Gasteiger partial charge is 0.350 e. The molecule has 1 amide bonds. The van der Waals surface area contributed by atoms with Gasteiger partial charge in [0, 0.05) is 17.0 Å². The molecule has 4 nitrogen and oxygen atoms in total. The minimum absolute atomic E-state index is 0.0169. The van der Waals surface area contributed by atoms with E-state index in [9.17, 15) is 13.2 Å². The van der Waals surface area contributed by atoms with E-state index in [0.717, 1.165) is 11.1 Å². The molecule has 0 bridgehead atoms. The number of hydrogen-bond acceptors (Lipinski definition) is 4. The molecule has 0 unspecified atom stereocenters. The van der Waals surface area contributed by atoms with Crippen LogP contribution in [0.4, 0.5) is 0 Å². The summed E-state index contributed by atoms with van der Waals surface area (Å²) in [7, 11) is -3.67. The van der Waals surface area contributed by atoms with Crippen LogP contribution in [0.1, 0.15) is 37.2 Å². The molecule has 0 aliphatic rings. The summed E-state index contributed by atoms with van der Waals surface area (Å²) in [6.07, 6.45) is 0. The number of benzene rings is 2. The number of aryl methyl sites for hydroxylation is 3. The molecule has 0 saturated heterocycles. The zero-order valence-electron chi connectivity index (χ0n) is 16.1. The summed E-state index contributed by atoms with van der Waals surface area (Å²) in [4.78, 5) is 13.6. The summed E-state index contributed by atoms with van der Waals surface area (Å²) in [5.74, 6) is -0.276. The van der Waals surface area contributed by atoms with Gasteiger partial charge in [-0.15, -0.1) is 11.3 Å². The van der Waals surface area contributed by atoms with E-state index in [1.807, 2.05) is 49.6 Å². The Morgan fingerprint density at radius 2 is 1.75 bits per heavy atom. The topological polar surface area (TPSA) is 63.2 Å². The molecule has 1 atom stereocenters. The average molecular weight is 414 g/mol. The van der Waals surface area contributed by atoms with E-state index in [1.54, 1.807) is 31.2 Å². The van der Waals surface area contributed by atoms with Crippen LogP contribution < -0.4 is 5.32 Å². The van der Waals surface area contributed by atoms with Crippen LogP contribution in [0.5, 0.6) is 0 Å². The first-order valence-electron chi connectivity index (χ1n) is 8.98. The molecule has 1 heterocycles. The van der Waals surface area contributed by atoms with Gasteiger partial charge in [0.2, 0.25) is 0 Å². The zero-order chi connectivity index (χ0) is 20.3. The van der Waals surface area contributed by atoms with Gasteiger partial charge in [-0.05, 0) is 61.5 Å². The first-order chi connectivity index (χ1) is 13.3. The van der Waals surface area contributed by atoms with Gasteiger partial charge < -0.3 is 5.32 Å². The molecule has 28 heavy (non-hydrogen) atoms. The Kier molecular flexibility index (Phi) is 6.01. The Hall–Kier alpha value is -2.44. The smallest absolute Gasteiger partial charge is 0.251 e. The van der Waals surface area contributed by atoms with E-state index in [4.69, 9.17) is 0 Å². The van der Waals surface area contributed by atoms with Gasteiger partial charge in [-0.3, -0.25) is 4.79 Å². The van der Waals surface area contributed by atoms with Crippen molar-refractivity contribution in [3.05, 3.63) is 87.1 Å². The second-order valence-electron chi connectivity index (χ2n) is 6.90. The van der Waals surface area contributed by atoms with Gasteiger partial charge in [-0.2, -0.15) is 0 Å². The molecule has 0 aliphatic carbocycles. The van der Waals surface area contributed by atoms with Crippen molar-refractivity contribution in [1.82, 2.24) is 5.32 Å². The monoisotopic (exact) mass is 413 g/mol. The normalized spacial score (nSPS) is 12.5. The predicted molar refractivity (Wildman–Crippen MR) is 114 cm³/mol. The molecule has 2 aromatic carbocycles. The van der Waals surface area contributed by atoms with Crippen molar-refractivity contribution in [2.45, 2.75) is 30.9 Å². The summed E-state index contributed by atoms with van der Waals surface area (Å²) >= 11 is 1.38. The lowest BCUT2D eigenvalue weighted by atomic mass is 10.1. The Morgan fingerprint density at radius 1 is 1.00 bits per heavy atom. The third kappa shape index (κ3) is 4.34. The van der Waals surface area contributed by atoms with E-state index < -0.39 is 15.1 Å². The highest BCUT2D eigenvalue weighted by Crippen LogP contribution is 2.33. The van der Waals surface area contributed by atoms with Gasteiger partial charge in [0.25, 0.3) is 5.91 Å². The molecule has 3 rings (SSSR count). The molecule has 1 aromatic heterocycles. The maximum absolute atomic E-state index is 13.5. The molecule has 6 heteroatoms. The summed E-state index contributed by atoms with van der Waals surface area (Å²) in [5.41, 5.74) is 3.09. The molecule has 3 aromatic rings. The lowest BCUT2D eigenvalue weighted by molar-refractivity contribution is 0.0953. The molecule has 1 N–H and O–H groups in total. The first kappa shape index (κ1) is 20.3. The van der Waals surface area contributed by atoms with Crippen LogP contribution in [0.3, 0.4) is 0 Å². The quantitative estimate of drug-likeness (QED) is 0.641. The Balaban J connectivity index is 1.92. The van der Waals surface area contributed by atoms with E-state index in [-0.39, 0.29) is 12.5 Å². The molecular weight excluding hydrogens is 390 g/mol. The van der Waals surface area contributed by atoms with Crippen LogP contribution in [0.2, 0.25) is 0 Å². The zero-order valence-corrected chi connectivity index (χ0v) is 17.7. The van der Waals surface area contributed by atoms with E-state index in [1.165, 1.54) is 11.3 Å². The number of sulfone groups is 1. The van der Waals surface area contributed by atoms with E-state index in [2.05, 4.69) is 5.32 Å². The second-order valence-corrected chi connectivity index (χ2v) is 9.98. The third-order valence-corrected chi connectivity index (χ3v) is 7.97. The fourth-order valence-corrected chi connectivity index (χ4v) is 6.19. The van der Waals surface area contributed by atoms with Crippen molar-refractivity contribution in [3.8, 4) is 0 Å². The second kappa shape index (κ2) is 8.29. The maximum atomic E-state index is 13.5. The first-order valence-corrected chi connectivity index (χ1v) is 11.4. The van der Waals surface area contributed by atoms with Crippen molar-refractivity contribution in [1.29, 1.82) is 0 Å². The van der Waals surface area contributed by atoms with Crippen molar-refractivity contribution < 1.29 is 13.2 Å². The van der Waals surface area contributed by atoms with Crippen LogP contribution >= 0.6 is 11.3 Å². The van der Waals surface area contributed by atoms with Gasteiger partial charge in [-0.25, -0.2) is 8.42 Å². The highest BCUT2D eigenvalue weighted by Gasteiger charge is 2.31. The van der Waals surface area contributed by atoms with Gasteiger partial charge in [-0.1, -0.05) is 35.9 Å². The van der Waals surface area contributed by atoms with E-state index in [0.29, 0.717) is 20.9 Å². The van der Waals surface area contributed by atoms with Crippen LogP contribution in [0.15, 0.2) is 64.9 Å². The molecule has 0 spiro atoms. The Morgan fingerprint density at radius 3 is 2.43 bits per heavy atom. The fraction of sp³-hybridized carbons (Fsp3) is 0.227. The number of nitrogens with one attached hydrogen (secondary N) is 1. The summed E-state index contributed by atoms with van der Waals surface area (Å²) < 4.78 is 26.9. The van der Waals surface area contributed by atoms with Crippen molar-refractivity contribution in [2.24, 2.45) is 0 Å². The molecule has 0 fully saturated rings. The molecular formula is C22H23NO3S2. The lowest BCUT2D eigenvalue weighted by Gasteiger charge is -2.19. The minimum Gasteiger partial charge on any atom is -0.350 e. The van der Waals surface area contributed by atoms with Crippen molar-refractivity contribution >= 4 is 27.1 Å². The highest BCUT2D eigenvalue weighted by atomic mass is 32.2. The van der Waals surface area contributed by atoms with Crippen LogP contribution in [-0.2, 0) is 9.84 Å². The Labute approximate surface area is 170 Å². The third-order valence-electron chi connectivity index (χ3n) is 4.61. The number of carbonyl (C=O) groups is 1. The van der Waals surface area contributed by atoms with Crippen molar-refractivity contribution in [2.75, 3.05) is 6.54 Å². The molecule has 0 aliphatic heterocycles. The van der Waals surface area contributed by atoms with Gasteiger partial charge in [0.15, 0.2) is 9.84 Å². The van der Waals surface area contributed by atoms with Gasteiger partial charge >= 0.3 is 0 Å². The van der Waals surface area contributed by atoms with Crippen LogP contribution in [0.25, 0.3) is 0 Å². The summed E-state index contributed by atoms with van der Waals surface area (Å²) in [5, 5.41) is 3.83. The lowest BCUT2D eigenvalue weighted by Crippen LogP contribution is -2.31. The number of hydrogen-bond donors (Lipinski definition) is 1. The summed E-state index contributed by atoms with van der Waals surface area (Å²) in [6, 6.07) is 16.3.